The van der Waals surface area contributed by atoms with Gasteiger partial charge >= 0.3 is 0 Å². The second kappa shape index (κ2) is 12.2. The Balaban J connectivity index is 0.00000337. The number of H-pyrrole nitrogens is 1. The number of amides is 1. The number of aromatic nitrogens is 2. The van der Waals surface area contributed by atoms with E-state index in [0.29, 0.717) is 28.9 Å². The number of hydrogen-bond acceptors (Lipinski definition) is 8. The van der Waals surface area contributed by atoms with Crippen molar-refractivity contribution in [2.45, 2.75) is 31.0 Å². The Labute approximate surface area is 250 Å². The number of aromatic amines is 1. The molecule has 0 radical (unpaired) electrons. The summed E-state index contributed by atoms with van der Waals surface area (Å²) in [5.74, 6) is 0.540. The number of thiazole rings is 1. The maximum Gasteiger partial charge on any atom is 0.273 e. The summed E-state index contributed by atoms with van der Waals surface area (Å²) in [6.07, 6.45) is 4.07. The maximum atomic E-state index is 13.7. The Hall–Kier alpha value is -2.77. The molecule has 2 aliphatic rings. The van der Waals surface area contributed by atoms with Crippen LogP contribution in [0.25, 0.3) is 21.6 Å². The van der Waals surface area contributed by atoms with E-state index >= 15 is 0 Å². The molecule has 3 aromatic heterocycles. The van der Waals surface area contributed by atoms with E-state index in [9.17, 15) is 13.2 Å². The van der Waals surface area contributed by atoms with Crippen molar-refractivity contribution in [1.29, 1.82) is 0 Å². The van der Waals surface area contributed by atoms with Crippen LogP contribution in [-0.4, -0.2) is 92.4 Å². The molecule has 1 aliphatic heterocycles. The van der Waals surface area contributed by atoms with Crippen LogP contribution in [0.3, 0.4) is 0 Å². The number of hydrogen-bond donors (Lipinski definition) is 1. The van der Waals surface area contributed by atoms with Crippen LogP contribution in [0.4, 0.5) is 5.69 Å². The Morgan fingerprint density at radius 3 is 2.54 bits per heavy atom. The van der Waals surface area contributed by atoms with Crippen LogP contribution >= 0.6 is 22.7 Å². The number of piperazine rings is 1. The second-order valence-corrected chi connectivity index (χ2v) is 15.0. The van der Waals surface area contributed by atoms with E-state index in [1.807, 2.05) is 29.8 Å². The topological polar surface area (TPSA) is 92.8 Å². The average Bonchev–Trinajstić information content (AvgIpc) is 3.32. The summed E-state index contributed by atoms with van der Waals surface area (Å²) in [6.45, 7) is 5.38. The van der Waals surface area contributed by atoms with Gasteiger partial charge in [-0.2, -0.15) is 0 Å². The maximum absolute atomic E-state index is 13.7. The zero-order valence-corrected chi connectivity index (χ0v) is 25.2. The molecule has 0 atom stereocenters. The molecule has 0 spiro atoms. The molecule has 1 aliphatic carbocycles. The molecule has 1 amide bonds. The predicted molar refractivity (Wildman–Crippen MR) is 168 cm³/mol. The molecule has 41 heavy (non-hydrogen) atoms. The van der Waals surface area contributed by atoms with E-state index < -0.39 is 10.0 Å². The third kappa shape index (κ3) is 6.51. The van der Waals surface area contributed by atoms with Crippen molar-refractivity contribution in [2.24, 2.45) is 5.92 Å². The normalized spacial score (nSPS) is 16.5. The number of rotatable bonds is 10. The number of anilines is 1. The molecule has 1 saturated carbocycles. The van der Waals surface area contributed by atoms with Crippen molar-refractivity contribution >= 4 is 55.2 Å². The lowest BCUT2D eigenvalue weighted by atomic mass is 10.2. The van der Waals surface area contributed by atoms with Gasteiger partial charge in [-0.3, -0.25) is 18.9 Å². The Kier molecular flexibility index (Phi) is 8.86. The molecule has 0 unspecified atom stereocenters. The largest absolute Gasteiger partial charge is 0.351 e. The number of nitrogens with zero attached hydrogens (tertiary/aromatic N) is 5. The number of carbonyl (C=O) groups excluding carboxylic acids is 1. The first-order valence-corrected chi connectivity index (χ1v) is 16.7. The minimum Gasteiger partial charge on any atom is -0.351 e. The standard InChI is InChI=1S/C28H34N6O3S3.CH4/c1-31(2)25(35)19-33-12-10-32(11-13-33)18-22-16-29-28(39-22)23-15-21-5-3-6-24(27(21)30-23)34(17-20-8-9-20)40(36,37)26-7-4-14-38-26;/h3-7,14-16,20,30H,8-13,17-19H2,1-2H3;1H4. The van der Waals surface area contributed by atoms with E-state index in [1.54, 1.807) is 46.8 Å². The highest BCUT2D eigenvalue weighted by molar-refractivity contribution is 7.94. The second-order valence-electron chi connectivity index (χ2n) is 10.8. The van der Waals surface area contributed by atoms with Crippen molar-refractivity contribution in [3.05, 3.63) is 52.9 Å². The highest BCUT2D eigenvalue weighted by Crippen LogP contribution is 2.39. The van der Waals surface area contributed by atoms with Gasteiger partial charge in [0.25, 0.3) is 10.0 Å². The molecule has 1 N–H and O–H groups in total. The summed E-state index contributed by atoms with van der Waals surface area (Å²) >= 11 is 2.92. The van der Waals surface area contributed by atoms with Gasteiger partial charge in [-0.15, -0.1) is 22.7 Å². The van der Waals surface area contributed by atoms with Crippen LogP contribution in [0.2, 0.25) is 0 Å². The Bertz CT molecular complexity index is 1580. The van der Waals surface area contributed by atoms with Crippen molar-refractivity contribution in [1.82, 2.24) is 24.7 Å². The van der Waals surface area contributed by atoms with Crippen molar-refractivity contribution in [2.75, 3.05) is 57.7 Å². The van der Waals surface area contributed by atoms with Gasteiger partial charge in [-0.05, 0) is 42.3 Å². The van der Waals surface area contributed by atoms with Crippen LogP contribution in [0.1, 0.15) is 25.1 Å². The molecule has 6 rings (SSSR count). The minimum absolute atomic E-state index is 0. The minimum atomic E-state index is -3.65. The highest BCUT2D eigenvalue weighted by Gasteiger charge is 2.33. The van der Waals surface area contributed by atoms with Crippen molar-refractivity contribution < 1.29 is 13.2 Å². The molecule has 9 nitrogen and oxygen atoms in total. The summed E-state index contributed by atoms with van der Waals surface area (Å²) < 4.78 is 29.3. The van der Waals surface area contributed by atoms with Crippen LogP contribution in [0, 0.1) is 5.92 Å². The van der Waals surface area contributed by atoms with Crippen LogP contribution < -0.4 is 4.31 Å². The molecular weight excluding hydrogens is 577 g/mol. The fourth-order valence-electron chi connectivity index (χ4n) is 5.01. The molecule has 4 heterocycles. The lowest BCUT2D eigenvalue weighted by Crippen LogP contribution is -2.48. The average molecular weight is 615 g/mol. The van der Waals surface area contributed by atoms with E-state index in [0.717, 1.165) is 67.2 Å². The first-order chi connectivity index (χ1) is 19.3. The van der Waals surface area contributed by atoms with Crippen LogP contribution in [0.5, 0.6) is 0 Å². The number of carbonyl (C=O) groups is 1. The molecule has 1 aromatic carbocycles. The van der Waals surface area contributed by atoms with E-state index in [4.69, 9.17) is 4.98 Å². The Morgan fingerprint density at radius 1 is 1.10 bits per heavy atom. The van der Waals surface area contributed by atoms with Crippen LogP contribution in [-0.2, 0) is 21.4 Å². The summed E-state index contributed by atoms with van der Waals surface area (Å²) in [7, 11) is -0.0577. The van der Waals surface area contributed by atoms with Gasteiger partial charge in [0.05, 0.1) is 23.4 Å². The quantitative estimate of drug-likeness (QED) is 0.276. The Morgan fingerprint density at radius 2 is 1.85 bits per heavy atom. The molecule has 220 valence electrons. The molecule has 4 aromatic rings. The van der Waals surface area contributed by atoms with Gasteiger partial charge in [0, 0.05) is 69.8 Å². The van der Waals surface area contributed by atoms with Gasteiger partial charge < -0.3 is 9.88 Å². The van der Waals surface area contributed by atoms with Crippen molar-refractivity contribution in [3.63, 3.8) is 0 Å². The first kappa shape index (κ1) is 29.7. The highest BCUT2D eigenvalue weighted by atomic mass is 32.2. The molecule has 1 saturated heterocycles. The predicted octanol–water partition coefficient (Wildman–Crippen LogP) is 4.80. The smallest absolute Gasteiger partial charge is 0.273 e. The number of sulfonamides is 1. The number of para-hydroxylation sites is 1. The van der Waals surface area contributed by atoms with Crippen molar-refractivity contribution in [3.8, 4) is 10.7 Å². The van der Waals surface area contributed by atoms with Gasteiger partial charge in [0.15, 0.2) is 0 Å². The zero-order chi connectivity index (χ0) is 27.9. The third-order valence-corrected chi connectivity index (χ3v) is 11.7. The number of thiophene rings is 1. The van der Waals surface area contributed by atoms with Crippen LogP contribution in [0.15, 0.2) is 52.2 Å². The number of benzene rings is 1. The van der Waals surface area contributed by atoms with E-state index in [-0.39, 0.29) is 13.3 Å². The fraction of sp³-hybridized carbons (Fsp3) is 0.448. The summed E-state index contributed by atoms with van der Waals surface area (Å²) in [5.41, 5.74) is 2.40. The molecule has 12 heteroatoms. The number of nitrogens with one attached hydrogen (secondary N) is 1. The number of fused-ring (bicyclic) bond motifs is 1. The zero-order valence-electron chi connectivity index (χ0n) is 22.7. The lowest BCUT2D eigenvalue weighted by molar-refractivity contribution is -0.130. The monoisotopic (exact) mass is 614 g/mol. The molecule has 2 fully saturated rings. The van der Waals surface area contributed by atoms with E-state index in [2.05, 4.69) is 20.9 Å². The third-order valence-electron chi connectivity index (χ3n) is 7.55. The fourth-order valence-corrected chi connectivity index (χ4v) is 8.59. The summed E-state index contributed by atoms with van der Waals surface area (Å²) in [6, 6.07) is 11.4. The van der Waals surface area contributed by atoms with Gasteiger partial charge in [0.1, 0.15) is 9.22 Å². The molecular formula is C29H38N6O3S3. The van der Waals surface area contributed by atoms with E-state index in [1.165, 1.54) is 16.2 Å². The SMILES string of the molecule is C.CN(C)C(=O)CN1CCN(Cc2cnc(-c3cc4cccc(N(CC5CC5)S(=O)(=O)c5cccs5)c4[nH]3)s2)CC1. The van der Waals surface area contributed by atoms with Gasteiger partial charge in [-0.1, -0.05) is 25.6 Å². The number of likely N-dealkylation sites (N-methyl/N-ethyl adjacent to an activating group) is 1. The molecule has 0 bridgehead atoms. The first-order valence-electron chi connectivity index (χ1n) is 13.6. The lowest BCUT2D eigenvalue weighted by Gasteiger charge is -2.34. The van der Waals surface area contributed by atoms with Gasteiger partial charge in [0.2, 0.25) is 5.91 Å². The summed E-state index contributed by atoms with van der Waals surface area (Å²) in [4.78, 5) is 27.7. The van der Waals surface area contributed by atoms with Gasteiger partial charge in [-0.25, -0.2) is 13.4 Å². The summed E-state index contributed by atoms with van der Waals surface area (Å²) in [5, 5.41) is 3.67.